The van der Waals surface area contributed by atoms with Crippen molar-refractivity contribution in [3.8, 4) is 0 Å². The van der Waals surface area contributed by atoms with Crippen LogP contribution in [0.15, 0.2) is 33.7 Å². The molecule has 0 unspecified atom stereocenters. The smallest absolute Gasteiger partial charge is 0.262 e. The Morgan fingerprint density at radius 3 is 2.91 bits per heavy atom. The van der Waals surface area contributed by atoms with Crippen LogP contribution in [0.5, 0.6) is 0 Å². The van der Waals surface area contributed by atoms with Crippen LogP contribution in [0.3, 0.4) is 0 Å². The number of carbonyl (C=O) groups is 1. The molecule has 0 aliphatic carbocycles. The lowest BCUT2D eigenvalue weighted by Gasteiger charge is -2.24. The largest absolute Gasteiger partial charge is 0.316 e. The van der Waals surface area contributed by atoms with Crippen LogP contribution >= 0.6 is 39.3 Å². The lowest BCUT2D eigenvalue weighted by Crippen LogP contribution is -2.37. The van der Waals surface area contributed by atoms with Gasteiger partial charge in [-0.3, -0.25) is 4.79 Å². The van der Waals surface area contributed by atoms with Gasteiger partial charge in [0.25, 0.3) is 5.91 Å². The van der Waals surface area contributed by atoms with E-state index in [4.69, 9.17) is 11.6 Å². The number of halogens is 2. The molecule has 2 saturated heterocycles. The molecule has 0 N–H and O–H groups in total. The van der Waals surface area contributed by atoms with Crippen LogP contribution in [0, 0.1) is 0 Å². The summed E-state index contributed by atoms with van der Waals surface area (Å²) in [4.78, 5) is 17.5. The number of benzene rings is 1. The van der Waals surface area contributed by atoms with Crippen molar-refractivity contribution in [2.75, 3.05) is 22.3 Å². The number of fused-ring (bicyclic) bond motifs is 1. The summed E-state index contributed by atoms with van der Waals surface area (Å²) in [5.41, 5.74) is 0.813. The number of hydrogen-bond acceptors (Lipinski definition) is 4. The highest BCUT2D eigenvalue weighted by atomic mass is 79.9. The van der Waals surface area contributed by atoms with Crippen LogP contribution in [0.2, 0.25) is 0 Å². The fraction of sp³-hybridized carbons (Fsp3) is 0.385. The molecule has 0 saturated carbocycles. The highest BCUT2D eigenvalue weighted by Crippen LogP contribution is 2.41. The minimum absolute atomic E-state index is 0.0747. The SMILES string of the molecule is O=C(CCl)N=C1S[C@@H]2CS(=O)(=O)C[C@@H]2N1c1cccc(Br)c1. The van der Waals surface area contributed by atoms with Gasteiger partial charge in [0.2, 0.25) is 0 Å². The van der Waals surface area contributed by atoms with Gasteiger partial charge in [0.05, 0.1) is 17.5 Å². The number of aliphatic imine (C=N–C) groups is 1. The van der Waals surface area contributed by atoms with Crippen LogP contribution in [0.1, 0.15) is 0 Å². The molecule has 9 heteroatoms. The molecule has 2 atom stereocenters. The lowest BCUT2D eigenvalue weighted by molar-refractivity contribution is -0.115. The maximum Gasteiger partial charge on any atom is 0.262 e. The highest BCUT2D eigenvalue weighted by Gasteiger charge is 2.49. The maximum atomic E-state index is 11.9. The topological polar surface area (TPSA) is 66.8 Å². The summed E-state index contributed by atoms with van der Waals surface area (Å²) in [5, 5.41) is 0.416. The fourth-order valence-electron chi connectivity index (χ4n) is 2.63. The second-order valence-electron chi connectivity index (χ2n) is 5.07. The average molecular weight is 424 g/mol. The van der Waals surface area contributed by atoms with Crippen molar-refractivity contribution in [3.63, 3.8) is 0 Å². The summed E-state index contributed by atoms with van der Waals surface area (Å²) in [6.07, 6.45) is 0. The first kappa shape index (κ1) is 16.3. The van der Waals surface area contributed by atoms with Crippen LogP contribution in [-0.2, 0) is 14.6 Å². The van der Waals surface area contributed by atoms with E-state index in [9.17, 15) is 13.2 Å². The van der Waals surface area contributed by atoms with Gasteiger partial charge in [0.15, 0.2) is 15.0 Å². The normalized spacial score (nSPS) is 28.1. The zero-order valence-electron chi connectivity index (χ0n) is 11.3. The van der Waals surface area contributed by atoms with Gasteiger partial charge in [0.1, 0.15) is 5.88 Å². The van der Waals surface area contributed by atoms with E-state index in [1.54, 1.807) is 0 Å². The van der Waals surface area contributed by atoms with Gasteiger partial charge in [-0.05, 0) is 18.2 Å². The predicted octanol–water partition coefficient (Wildman–Crippen LogP) is 2.29. The number of amides is 1. The Hall–Kier alpha value is -0.570. The third-order valence-corrected chi connectivity index (χ3v) is 7.42. The molecule has 1 aromatic rings. The molecule has 2 aliphatic rings. The summed E-state index contributed by atoms with van der Waals surface area (Å²) in [6, 6.07) is 7.30. The van der Waals surface area contributed by atoms with Crippen molar-refractivity contribution in [1.29, 1.82) is 0 Å². The van der Waals surface area contributed by atoms with E-state index in [1.807, 2.05) is 29.2 Å². The Bertz CT molecular complexity index is 753. The maximum absolute atomic E-state index is 11.9. The quantitative estimate of drug-likeness (QED) is 0.683. The predicted molar refractivity (Wildman–Crippen MR) is 93.6 cm³/mol. The summed E-state index contributed by atoms with van der Waals surface area (Å²) in [5.74, 6) is -0.428. The number of hydrogen-bond donors (Lipinski definition) is 0. The first-order valence-corrected chi connectivity index (χ1v) is 10.5. The Balaban J connectivity index is 2.03. The van der Waals surface area contributed by atoms with Crippen LogP contribution in [0.25, 0.3) is 0 Å². The Morgan fingerprint density at radius 2 is 2.23 bits per heavy atom. The average Bonchev–Trinajstić information content (AvgIpc) is 2.89. The van der Waals surface area contributed by atoms with E-state index < -0.39 is 15.7 Å². The Morgan fingerprint density at radius 1 is 1.45 bits per heavy atom. The van der Waals surface area contributed by atoms with E-state index in [2.05, 4.69) is 20.9 Å². The van der Waals surface area contributed by atoms with Crippen LogP contribution in [-0.4, -0.2) is 48.2 Å². The van der Waals surface area contributed by atoms with Crippen molar-refractivity contribution in [1.82, 2.24) is 0 Å². The standard InChI is InChI=1S/C13H12BrClN2O3S2/c14-8-2-1-3-9(4-8)17-10-6-22(19,20)7-11(10)21-13(17)16-12(18)5-15/h1-4,10-11H,5-7H2/t10-,11+/m0/s1. The van der Waals surface area contributed by atoms with Gasteiger partial charge in [-0.2, -0.15) is 4.99 Å². The third kappa shape index (κ3) is 3.20. The minimum atomic E-state index is -3.05. The molecule has 2 fully saturated rings. The van der Waals surface area contributed by atoms with Gasteiger partial charge in [-0.1, -0.05) is 33.8 Å². The third-order valence-electron chi connectivity index (χ3n) is 3.49. The number of anilines is 1. The summed E-state index contributed by atoms with van der Waals surface area (Å²) in [7, 11) is -3.05. The molecule has 118 valence electrons. The molecule has 0 aromatic heterocycles. The number of carbonyl (C=O) groups excluding carboxylic acids is 1. The zero-order valence-corrected chi connectivity index (χ0v) is 15.3. The monoisotopic (exact) mass is 422 g/mol. The van der Waals surface area contributed by atoms with E-state index in [-0.39, 0.29) is 28.7 Å². The van der Waals surface area contributed by atoms with Gasteiger partial charge < -0.3 is 4.90 Å². The molecule has 1 aromatic carbocycles. The molecular weight excluding hydrogens is 412 g/mol. The molecule has 3 rings (SSSR count). The number of nitrogens with zero attached hydrogens (tertiary/aromatic N) is 2. The second-order valence-corrected chi connectivity index (χ2v) is 9.62. The van der Waals surface area contributed by atoms with E-state index in [0.29, 0.717) is 5.17 Å². The molecule has 22 heavy (non-hydrogen) atoms. The van der Waals surface area contributed by atoms with E-state index in [0.717, 1.165) is 10.2 Å². The van der Waals surface area contributed by atoms with Crippen molar-refractivity contribution < 1.29 is 13.2 Å². The summed E-state index contributed by atoms with van der Waals surface area (Å²) in [6.45, 7) is 0. The number of amidine groups is 1. The number of thioether (sulfide) groups is 1. The van der Waals surface area contributed by atoms with Gasteiger partial charge >= 0.3 is 0 Å². The molecule has 0 bridgehead atoms. The molecule has 0 radical (unpaired) electrons. The zero-order chi connectivity index (χ0) is 15.9. The van der Waals surface area contributed by atoms with Crippen LogP contribution < -0.4 is 4.90 Å². The van der Waals surface area contributed by atoms with Crippen molar-refractivity contribution >= 4 is 65.9 Å². The minimum Gasteiger partial charge on any atom is -0.316 e. The molecular formula is C13H12BrClN2O3S2. The molecule has 2 aliphatic heterocycles. The highest BCUT2D eigenvalue weighted by molar-refractivity contribution is 9.10. The molecule has 2 heterocycles. The lowest BCUT2D eigenvalue weighted by atomic mass is 10.2. The van der Waals surface area contributed by atoms with Gasteiger partial charge in [-0.25, -0.2) is 8.42 Å². The summed E-state index contributed by atoms with van der Waals surface area (Å²) < 4.78 is 24.7. The number of alkyl halides is 1. The van der Waals surface area contributed by atoms with Crippen LogP contribution in [0.4, 0.5) is 5.69 Å². The first-order chi connectivity index (χ1) is 10.4. The second kappa shape index (κ2) is 6.14. The molecule has 5 nitrogen and oxygen atoms in total. The Labute approximate surface area is 146 Å². The summed E-state index contributed by atoms with van der Waals surface area (Å²) >= 11 is 10.3. The molecule has 1 amide bonds. The van der Waals surface area contributed by atoms with E-state index in [1.165, 1.54) is 11.8 Å². The van der Waals surface area contributed by atoms with Crippen molar-refractivity contribution in [3.05, 3.63) is 28.7 Å². The Kier molecular flexibility index (Phi) is 4.55. The number of rotatable bonds is 2. The number of sulfone groups is 1. The van der Waals surface area contributed by atoms with Gasteiger partial charge in [0, 0.05) is 15.4 Å². The van der Waals surface area contributed by atoms with Gasteiger partial charge in [-0.15, -0.1) is 11.6 Å². The van der Waals surface area contributed by atoms with Crippen molar-refractivity contribution in [2.24, 2.45) is 4.99 Å². The van der Waals surface area contributed by atoms with E-state index >= 15 is 0 Å². The molecule has 0 spiro atoms. The fourth-order valence-corrected chi connectivity index (χ4v) is 7.01. The first-order valence-electron chi connectivity index (χ1n) is 6.49. The van der Waals surface area contributed by atoms with Crippen molar-refractivity contribution in [2.45, 2.75) is 11.3 Å².